The third-order valence-electron chi connectivity index (χ3n) is 3.63. The Morgan fingerprint density at radius 2 is 1.78 bits per heavy atom. The maximum absolute atomic E-state index is 12.9. The Morgan fingerprint density at radius 1 is 1.04 bits per heavy atom. The summed E-state index contributed by atoms with van der Waals surface area (Å²) >= 11 is 12.0. The van der Waals surface area contributed by atoms with Crippen molar-refractivity contribution in [1.29, 1.82) is 0 Å². The van der Waals surface area contributed by atoms with E-state index in [0.717, 1.165) is 16.5 Å². The highest BCUT2D eigenvalue weighted by atomic mass is 35.5. The van der Waals surface area contributed by atoms with Gasteiger partial charge in [0.2, 0.25) is 0 Å². The first-order valence-corrected chi connectivity index (χ1v) is 7.99. The number of carbonyl (C=O) groups is 1. The second-order valence-corrected chi connectivity index (χ2v) is 5.81. The molecule has 23 heavy (non-hydrogen) atoms. The molecule has 0 N–H and O–H groups in total. The number of hydrogen-bond acceptors (Lipinski definition) is 2. The molecule has 1 heterocycles. The van der Waals surface area contributed by atoms with Crippen LogP contribution in [0.25, 0.3) is 10.8 Å². The van der Waals surface area contributed by atoms with Gasteiger partial charge in [-0.2, -0.15) is 0 Å². The lowest BCUT2D eigenvalue weighted by Gasteiger charge is -2.23. The summed E-state index contributed by atoms with van der Waals surface area (Å²) in [5.41, 5.74) is 0.988. The van der Waals surface area contributed by atoms with Crippen molar-refractivity contribution in [3.05, 3.63) is 70.5 Å². The van der Waals surface area contributed by atoms with Crippen molar-refractivity contribution in [3.8, 4) is 0 Å². The van der Waals surface area contributed by atoms with Crippen LogP contribution in [0.4, 0.5) is 5.69 Å². The highest BCUT2D eigenvalue weighted by Gasteiger charge is 2.22. The standard InChI is InChI=1S/C18H14Cl2N2O/c1-2-22(18(23)17-14(19)10-11-16(20)21-17)15-9-5-7-12-6-3-4-8-13(12)15/h3-11H,2H2,1H3. The van der Waals surface area contributed by atoms with Crippen LogP contribution in [-0.4, -0.2) is 17.4 Å². The lowest BCUT2D eigenvalue weighted by molar-refractivity contribution is 0.0984. The van der Waals surface area contributed by atoms with E-state index in [0.29, 0.717) is 6.54 Å². The highest BCUT2D eigenvalue weighted by molar-refractivity contribution is 6.35. The minimum atomic E-state index is -0.267. The molecule has 5 heteroatoms. The van der Waals surface area contributed by atoms with Crippen molar-refractivity contribution in [2.24, 2.45) is 0 Å². The summed E-state index contributed by atoms with van der Waals surface area (Å²) in [7, 11) is 0. The van der Waals surface area contributed by atoms with E-state index in [4.69, 9.17) is 23.2 Å². The van der Waals surface area contributed by atoms with Crippen LogP contribution >= 0.6 is 23.2 Å². The van der Waals surface area contributed by atoms with E-state index in [9.17, 15) is 4.79 Å². The number of carbonyl (C=O) groups excluding carboxylic acids is 1. The van der Waals surface area contributed by atoms with E-state index in [1.807, 2.05) is 49.4 Å². The zero-order valence-electron chi connectivity index (χ0n) is 12.5. The van der Waals surface area contributed by atoms with Crippen LogP contribution in [0.1, 0.15) is 17.4 Å². The molecular formula is C18H14Cl2N2O. The van der Waals surface area contributed by atoms with Crippen LogP contribution < -0.4 is 4.90 Å². The van der Waals surface area contributed by atoms with Crippen molar-refractivity contribution >= 4 is 45.6 Å². The topological polar surface area (TPSA) is 33.2 Å². The summed E-state index contributed by atoms with van der Waals surface area (Å²) in [6.45, 7) is 2.41. The Bertz CT molecular complexity index is 875. The minimum Gasteiger partial charge on any atom is -0.307 e. The number of anilines is 1. The number of halogens is 2. The first-order chi connectivity index (χ1) is 11.1. The van der Waals surface area contributed by atoms with Gasteiger partial charge in [-0.3, -0.25) is 4.79 Å². The van der Waals surface area contributed by atoms with Gasteiger partial charge >= 0.3 is 0 Å². The van der Waals surface area contributed by atoms with Crippen LogP contribution in [0.5, 0.6) is 0 Å². The SMILES string of the molecule is CCN(C(=O)c1nc(Cl)ccc1Cl)c1cccc2ccccc12. The lowest BCUT2D eigenvalue weighted by Crippen LogP contribution is -2.31. The Labute approximate surface area is 144 Å². The van der Waals surface area contributed by atoms with Gasteiger partial charge in [-0.15, -0.1) is 0 Å². The molecular weight excluding hydrogens is 331 g/mol. The average Bonchev–Trinajstić information content (AvgIpc) is 2.58. The second kappa shape index (κ2) is 6.57. The summed E-state index contributed by atoms with van der Waals surface area (Å²) in [4.78, 5) is 18.7. The predicted octanol–water partition coefficient (Wildman–Crippen LogP) is 5.21. The molecule has 3 rings (SSSR count). The van der Waals surface area contributed by atoms with Gasteiger partial charge in [0.15, 0.2) is 0 Å². The van der Waals surface area contributed by atoms with Crippen LogP contribution in [0, 0.1) is 0 Å². The maximum atomic E-state index is 12.9. The molecule has 0 saturated heterocycles. The fraction of sp³-hybridized carbons (Fsp3) is 0.111. The summed E-state index contributed by atoms with van der Waals surface area (Å²) in [5.74, 6) is -0.267. The molecule has 1 aromatic heterocycles. The predicted molar refractivity (Wildman–Crippen MR) is 95.6 cm³/mol. The summed E-state index contributed by atoms with van der Waals surface area (Å²) in [6.07, 6.45) is 0. The van der Waals surface area contributed by atoms with Gasteiger partial charge in [-0.05, 0) is 30.5 Å². The lowest BCUT2D eigenvalue weighted by atomic mass is 10.1. The third kappa shape index (κ3) is 3.03. The van der Waals surface area contributed by atoms with E-state index in [1.54, 1.807) is 17.0 Å². The van der Waals surface area contributed by atoms with Crippen LogP contribution in [0.15, 0.2) is 54.6 Å². The van der Waals surface area contributed by atoms with E-state index in [2.05, 4.69) is 4.98 Å². The van der Waals surface area contributed by atoms with Gasteiger partial charge in [-0.1, -0.05) is 59.6 Å². The third-order valence-corrected chi connectivity index (χ3v) is 4.15. The Hall–Kier alpha value is -2.10. The summed E-state index contributed by atoms with van der Waals surface area (Å²) in [5, 5.41) is 2.61. The zero-order chi connectivity index (χ0) is 16.4. The van der Waals surface area contributed by atoms with E-state index in [-0.39, 0.29) is 21.8 Å². The quantitative estimate of drug-likeness (QED) is 0.611. The van der Waals surface area contributed by atoms with Gasteiger partial charge in [0.1, 0.15) is 10.8 Å². The van der Waals surface area contributed by atoms with E-state index >= 15 is 0 Å². The molecule has 2 aromatic carbocycles. The molecule has 3 nitrogen and oxygen atoms in total. The number of pyridine rings is 1. The fourth-order valence-electron chi connectivity index (χ4n) is 2.56. The monoisotopic (exact) mass is 344 g/mol. The molecule has 0 aliphatic rings. The molecule has 0 saturated carbocycles. The van der Waals surface area contributed by atoms with Crippen molar-refractivity contribution in [2.45, 2.75) is 6.92 Å². The number of rotatable bonds is 3. The van der Waals surface area contributed by atoms with Crippen molar-refractivity contribution in [1.82, 2.24) is 4.98 Å². The molecule has 0 spiro atoms. The van der Waals surface area contributed by atoms with Crippen LogP contribution in [0.3, 0.4) is 0 Å². The molecule has 3 aromatic rings. The number of fused-ring (bicyclic) bond motifs is 1. The molecule has 0 radical (unpaired) electrons. The smallest absolute Gasteiger partial charge is 0.278 e. The van der Waals surface area contributed by atoms with Crippen molar-refractivity contribution in [2.75, 3.05) is 11.4 Å². The molecule has 0 bridgehead atoms. The first-order valence-electron chi connectivity index (χ1n) is 7.23. The number of aromatic nitrogens is 1. The first kappa shape index (κ1) is 15.8. The van der Waals surface area contributed by atoms with E-state index in [1.165, 1.54) is 0 Å². The Kier molecular flexibility index (Phi) is 4.51. The molecule has 0 aliphatic heterocycles. The Balaban J connectivity index is 2.12. The van der Waals surface area contributed by atoms with Gasteiger partial charge in [0.25, 0.3) is 5.91 Å². The Morgan fingerprint density at radius 3 is 2.57 bits per heavy atom. The number of nitrogens with zero attached hydrogens (tertiary/aromatic N) is 2. The zero-order valence-corrected chi connectivity index (χ0v) is 14.0. The molecule has 0 aliphatic carbocycles. The number of amides is 1. The summed E-state index contributed by atoms with van der Waals surface area (Å²) in [6, 6.07) is 16.9. The molecule has 0 unspecified atom stereocenters. The average molecular weight is 345 g/mol. The van der Waals surface area contributed by atoms with Crippen LogP contribution in [0.2, 0.25) is 10.2 Å². The normalized spacial score (nSPS) is 10.7. The van der Waals surface area contributed by atoms with Gasteiger partial charge < -0.3 is 4.90 Å². The van der Waals surface area contributed by atoms with Crippen molar-refractivity contribution in [3.63, 3.8) is 0 Å². The maximum Gasteiger partial charge on any atom is 0.278 e. The fourth-order valence-corrected chi connectivity index (χ4v) is 2.90. The largest absolute Gasteiger partial charge is 0.307 e. The number of hydrogen-bond donors (Lipinski definition) is 0. The van der Waals surface area contributed by atoms with Gasteiger partial charge in [-0.25, -0.2) is 4.98 Å². The molecule has 0 fully saturated rings. The van der Waals surface area contributed by atoms with Crippen molar-refractivity contribution < 1.29 is 4.79 Å². The molecule has 1 amide bonds. The van der Waals surface area contributed by atoms with E-state index < -0.39 is 0 Å². The molecule has 116 valence electrons. The molecule has 0 atom stereocenters. The van der Waals surface area contributed by atoms with Gasteiger partial charge in [0.05, 0.1) is 10.7 Å². The minimum absolute atomic E-state index is 0.161. The summed E-state index contributed by atoms with van der Waals surface area (Å²) < 4.78 is 0. The van der Waals surface area contributed by atoms with Gasteiger partial charge in [0, 0.05) is 11.9 Å². The number of benzene rings is 2. The highest BCUT2D eigenvalue weighted by Crippen LogP contribution is 2.29. The van der Waals surface area contributed by atoms with Crippen LogP contribution in [-0.2, 0) is 0 Å². The second-order valence-electron chi connectivity index (χ2n) is 5.01.